The number of unbranched alkanes of at least 4 members (excludes halogenated alkanes) is 6. The Balaban J connectivity index is 1.01. The molecular weight excluding hydrogens is 527 g/mol. The fourth-order valence-corrected chi connectivity index (χ4v) is 12.3. The maximum atomic E-state index is 7.49. The van der Waals surface area contributed by atoms with E-state index in [1.807, 2.05) is 0 Å². The maximum Gasteiger partial charge on any atom is 0.129 e. The van der Waals surface area contributed by atoms with Crippen LogP contribution < -0.4 is 0 Å². The molecule has 2 heteroatoms. The molecule has 0 aromatic heterocycles. The van der Waals surface area contributed by atoms with Gasteiger partial charge in [-0.15, -0.1) is 23.2 Å². The Morgan fingerprint density at radius 2 is 0.800 bits per heavy atom. The van der Waals surface area contributed by atoms with E-state index in [-0.39, 0.29) is 10.8 Å². The van der Waals surface area contributed by atoms with E-state index in [0.29, 0.717) is 0 Å². The van der Waals surface area contributed by atoms with Crippen molar-refractivity contribution in [1.82, 2.24) is 0 Å². The fraction of sp³-hybridized carbons (Fsp3) is 1.00. The SMILES string of the molecule is CCCCCCC1CCC(C2CCC3(CC2)CC2(CCC(C4CCC(CCCCCC)CC4)CC2)C3(Cl)Cl)CC1. The van der Waals surface area contributed by atoms with E-state index in [2.05, 4.69) is 13.8 Å². The van der Waals surface area contributed by atoms with Gasteiger partial charge in [-0.2, -0.15) is 0 Å². The van der Waals surface area contributed by atoms with Crippen molar-refractivity contribution < 1.29 is 0 Å². The summed E-state index contributed by atoms with van der Waals surface area (Å²) in [6, 6.07) is 0. The molecule has 0 nitrogen and oxygen atoms in total. The second-order valence-electron chi connectivity index (χ2n) is 16.2. The first kappa shape index (κ1) is 32.0. The lowest BCUT2D eigenvalue weighted by atomic mass is 9.42. The van der Waals surface area contributed by atoms with E-state index in [9.17, 15) is 0 Å². The van der Waals surface area contributed by atoms with Gasteiger partial charge in [-0.05, 0) is 119 Å². The van der Waals surface area contributed by atoms with Crippen molar-refractivity contribution in [3.8, 4) is 0 Å². The predicted octanol–water partition coefficient (Wildman–Crippen LogP) is 13.5. The zero-order valence-electron chi connectivity index (χ0n) is 26.8. The third-order valence-corrected chi connectivity index (χ3v) is 15.6. The lowest BCUT2D eigenvalue weighted by Crippen LogP contribution is -2.66. The lowest BCUT2D eigenvalue weighted by Gasteiger charge is -2.69. The summed E-state index contributed by atoms with van der Waals surface area (Å²) in [5.41, 5.74) is 0.484. The molecule has 40 heavy (non-hydrogen) atoms. The van der Waals surface area contributed by atoms with E-state index in [1.54, 1.807) is 0 Å². The average Bonchev–Trinajstić information content (AvgIpc) is 2.99. The molecule has 5 saturated carbocycles. The van der Waals surface area contributed by atoms with Crippen molar-refractivity contribution >= 4 is 23.2 Å². The van der Waals surface area contributed by atoms with Crippen molar-refractivity contribution in [3.05, 3.63) is 0 Å². The minimum Gasteiger partial charge on any atom is -0.100 e. The van der Waals surface area contributed by atoms with E-state index in [4.69, 9.17) is 23.2 Å². The molecule has 2 spiro atoms. The van der Waals surface area contributed by atoms with E-state index < -0.39 is 4.33 Å². The summed E-state index contributed by atoms with van der Waals surface area (Å²) in [6.07, 6.45) is 38.8. The summed E-state index contributed by atoms with van der Waals surface area (Å²) in [7, 11) is 0. The van der Waals surface area contributed by atoms with Crippen molar-refractivity contribution in [3.63, 3.8) is 0 Å². The number of rotatable bonds is 12. The van der Waals surface area contributed by atoms with Gasteiger partial charge in [0.2, 0.25) is 0 Å². The van der Waals surface area contributed by atoms with Gasteiger partial charge in [-0.1, -0.05) is 104 Å². The van der Waals surface area contributed by atoms with Gasteiger partial charge in [0.05, 0.1) is 0 Å². The highest BCUT2D eigenvalue weighted by molar-refractivity contribution is 6.50. The van der Waals surface area contributed by atoms with Crippen molar-refractivity contribution in [2.75, 3.05) is 0 Å². The minimum absolute atomic E-state index is 0.242. The Bertz CT molecular complexity index is 665. The summed E-state index contributed by atoms with van der Waals surface area (Å²) in [5, 5.41) is 0. The monoisotopic (exact) mass is 592 g/mol. The summed E-state index contributed by atoms with van der Waals surface area (Å²) >= 11 is 15.0. The van der Waals surface area contributed by atoms with Gasteiger partial charge in [0.25, 0.3) is 0 Å². The summed E-state index contributed by atoms with van der Waals surface area (Å²) < 4.78 is -0.456. The second kappa shape index (κ2) is 14.6. The minimum atomic E-state index is -0.456. The van der Waals surface area contributed by atoms with Gasteiger partial charge < -0.3 is 0 Å². The first-order chi connectivity index (χ1) is 19.4. The molecule has 0 bridgehead atoms. The Morgan fingerprint density at radius 3 is 1.12 bits per heavy atom. The van der Waals surface area contributed by atoms with Crippen LogP contribution in [-0.2, 0) is 0 Å². The predicted molar refractivity (Wildman–Crippen MR) is 176 cm³/mol. The van der Waals surface area contributed by atoms with Crippen LogP contribution in [0.1, 0.15) is 187 Å². The molecule has 0 amide bonds. The van der Waals surface area contributed by atoms with Gasteiger partial charge in [0.1, 0.15) is 4.33 Å². The molecule has 0 atom stereocenters. The molecule has 0 radical (unpaired) electrons. The third-order valence-electron chi connectivity index (χ3n) is 14.0. The van der Waals surface area contributed by atoms with Crippen LogP contribution in [-0.4, -0.2) is 4.33 Å². The first-order valence-corrected chi connectivity index (χ1v) is 19.6. The second-order valence-corrected chi connectivity index (χ2v) is 17.6. The molecule has 5 aliphatic rings. The largest absolute Gasteiger partial charge is 0.129 e. The summed E-state index contributed by atoms with van der Waals surface area (Å²) in [6.45, 7) is 4.66. The number of halogens is 2. The summed E-state index contributed by atoms with van der Waals surface area (Å²) in [5.74, 6) is 6.00. The van der Waals surface area contributed by atoms with Crippen LogP contribution in [0.4, 0.5) is 0 Å². The molecule has 232 valence electrons. The van der Waals surface area contributed by atoms with E-state index in [0.717, 1.165) is 35.5 Å². The first-order valence-electron chi connectivity index (χ1n) is 18.8. The smallest absolute Gasteiger partial charge is 0.100 e. The highest BCUT2D eigenvalue weighted by Crippen LogP contribution is 2.77. The van der Waals surface area contributed by atoms with E-state index >= 15 is 0 Å². The number of alkyl halides is 2. The van der Waals surface area contributed by atoms with Crippen molar-refractivity contribution in [1.29, 1.82) is 0 Å². The molecule has 5 rings (SSSR count). The molecule has 5 aliphatic carbocycles. The lowest BCUT2D eigenvalue weighted by molar-refractivity contribution is -0.122. The number of hydrogen-bond acceptors (Lipinski definition) is 0. The van der Waals surface area contributed by atoms with Crippen LogP contribution in [0.25, 0.3) is 0 Å². The molecule has 0 saturated heterocycles. The third kappa shape index (κ3) is 6.94. The molecule has 0 N–H and O–H groups in total. The molecule has 0 aliphatic heterocycles. The molecule has 0 heterocycles. The van der Waals surface area contributed by atoms with Crippen LogP contribution in [0.2, 0.25) is 0 Å². The van der Waals surface area contributed by atoms with Crippen molar-refractivity contribution in [2.24, 2.45) is 46.3 Å². The highest BCUT2D eigenvalue weighted by atomic mass is 35.5. The van der Waals surface area contributed by atoms with E-state index in [1.165, 1.54) is 173 Å². The molecule has 0 aromatic carbocycles. The fourth-order valence-electron chi connectivity index (χ4n) is 11.3. The molecule has 5 fully saturated rings. The van der Waals surface area contributed by atoms with Crippen LogP contribution in [0.5, 0.6) is 0 Å². The molecule has 0 aromatic rings. The number of hydrogen-bond donors (Lipinski definition) is 0. The Kier molecular flexibility index (Phi) is 11.7. The quantitative estimate of drug-likeness (QED) is 0.156. The summed E-state index contributed by atoms with van der Waals surface area (Å²) in [4.78, 5) is 0. The van der Waals surface area contributed by atoms with Crippen LogP contribution in [0, 0.1) is 46.3 Å². The van der Waals surface area contributed by atoms with Gasteiger partial charge in [0, 0.05) is 10.8 Å². The molecular formula is C38H66Cl2. The van der Waals surface area contributed by atoms with Crippen molar-refractivity contribution in [2.45, 2.75) is 192 Å². The topological polar surface area (TPSA) is 0 Å². The zero-order chi connectivity index (χ0) is 28.1. The Morgan fingerprint density at radius 1 is 0.450 bits per heavy atom. The Labute approximate surface area is 260 Å². The van der Waals surface area contributed by atoms with Gasteiger partial charge in [-0.3, -0.25) is 0 Å². The maximum absolute atomic E-state index is 7.49. The van der Waals surface area contributed by atoms with Crippen LogP contribution >= 0.6 is 23.2 Å². The zero-order valence-corrected chi connectivity index (χ0v) is 28.3. The van der Waals surface area contributed by atoms with Crippen LogP contribution in [0.15, 0.2) is 0 Å². The molecule has 0 unspecified atom stereocenters. The standard InChI is InChI=1S/C38H66Cl2/c1-3-5-7-9-11-30-13-17-32(18-14-30)34-21-25-36(26-22-34)29-37(38(36,39)40)27-23-35(24-28-37)33-19-15-31(16-20-33)12-10-8-6-4-2/h30-35H,3-29H2,1-2H3. The van der Waals surface area contributed by atoms with Gasteiger partial charge in [-0.25, -0.2) is 0 Å². The van der Waals surface area contributed by atoms with Gasteiger partial charge >= 0.3 is 0 Å². The highest BCUT2D eigenvalue weighted by Gasteiger charge is 2.72. The normalized spacial score (nSPS) is 41.7. The van der Waals surface area contributed by atoms with Crippen LogP contribution in [0.3, 0.4) is 0 Å². The van der Waals surface area contributed by atoms with Gasteiger partial charge in [0.15, 0.2) is 0 Å². The Hall–Kier alpha value is 0.580. The average molecular weight is 594 g/mol.